The number of nitrogens with zero attached hydrogens (tertiary/aromatic N) is 1. The summed E-state index contributed by atoms with van der Waals surface area (Å²) in [7, 11) is 0. The molecule has 0 radical (unpaired) electrons. The summed E-state index contributed by atoms with van der Waals surface area (Å²) >= 11 is 11.2. The fourth-order valence-corrected chi connectivity index (χ4v) is 2.00. The molecule has 0 fully saturated rings. The first-order chi connectivity index (χ1) is 7.03. The molecular weight excluding hydrogens is 237 g/mol. The highest BCUT2D eigenvalue weighted by Crippen LogP contribution is 2.11. The summed E-state index contributed by atoms with van der Waals surface area (Å²) in [5, 5.41) is 19.2. The van der Waals surface area contributed by atoms with Gasteiger partial charge in [0.2, 0.25) is 0 Å². The second kappa shape index (κ2) is 7.69. The predicted octanol–water partition coefficient (Wildman–Crippen LogP) is 1.04. The van der Waals surface area contributed by atoms with Crippen molar-refractivity contribution in [2.75, 3.05) is 37.9 Å². The number of aliphatic hydroxyl groups excluding tert-OH is 2. The summed E-state index contributed by atoms with van der Waals surface area (Å²) in [5.41, 5.74) is 0. The molecule has 15 heavy (non-hydrogen) atoms. The lowest BCUT2D eigenvalue weighted by Crippen LogP contribution is -2.56. The molecule has 0 aromatic heterocycles. The molecule has 3 nitrogen and oxygen atoms in total. The average molecular weight is 259 g/mol. The quantitative estimate of drug-likeness (QED) is 0.505. The van der Waals surface area contributed by atoms with Crippen molar-refractivity contribution < 1.29 is 14.7 Å². The van der Waals surface area contributed by atoms with Crippen molar-refractivity contribution in [1.29, 1.82) is 0 Å². The number of aliphatic hydroxyl groups is 2. The minimum Gasteiger partial charge on any atom is -0.386 e. The highest BCUT2D eigenvalue weighted by molar-refractivity contribution is 6.18. The molecule has 2 unspecified atom stereocenters. The van der Waals surface area contributed by atoms with Crippen molar-refractivity contribution in [3.63, 3.8) is 0 Å². The summed E-state index contributed by atoms with van der Waals surface area (Å²) in [5.74, 6) is 0.466. The van der Waals surface area contributed by atoms with E-state index in [-0.39, 0.29) is 11.8 Å². The Bertz CT molecular complexity index is 152. The molecule has 0 aliphatic heterocycles. The van der Waals surface area contributed by atoms with Crippen LogP contribution in [0.15, 0.2) is 0 Å². The standard InChI is InChI=1S/C10H22Cl2NO2/c1-3-13(4-2,7-9(14)5-11)8-10(15)6-12/h9-10,14-15H,3-8H2,1-2H3/q+1. The Morgan fingerprint density at radius 2 is 1.27 bits per heavy atom. The van der Waals surface area contributed by atoms with Gasteiger partial charge in [-0.2, -0.15) is 0 Å². The van der Waals surface area contributed by atoms with Crippen LogP contribution in [0.4, 0.5) is 0 Å². The maximum absolute atomic E-state index is 9.58. The van der Waals surface area contributed by atoms with E-state index < -0.39 is 12.2 Å². The first-order valence-electron chi connectivity index (χ1n) is 5.36. The van der Waals surface area contributed by atoms with Gasteiger partial charge in [0.1, 0.15) is 25.3 Å². The van der Waals surface area contributed by atoms with Gasteiger partial charge in [-0.25, -0.2) is 0 Å². The molecule has 0 saturated carbocycles. The highest BCUT2D eigenvalue weighted by atomic mass is 35.5. The van der Waals surface area contributed by atoms with Gasteiger partial charge < -0.3 is 14.7 Å². The number of rotatable bonds is 8. The first-order valence-corrected chi connectivity index (χ1v) is 6.43. The Morgan fingerprint density at radius 1 is 0.933 bits per heavy atom. The van der Waals surface area contributed by atoms with Gasteiger partial charge in [0.25, 0.3) is 0 Å². The zero-order valence-corrected chi connectivity index (χ0v) is 11.0. The molecule has 0 heterocycles. The van der Waals surface area contributed by atoms with Gasteiger partial charge in [-0.05, 0) is 13.8 Å². The number of halogens is 2. The molecule has 0 rings (SSSR count). The van der Waals surface area contributed by atoms with Crippen LogP contribution in [-0.4, -0.2) is 64.8 Å². The van der Waals surface area contributed by atoms with Crippen LogP contribution in [0.2, 0.25) is 0 Å². The van der Waals surface area contributed by atoms with E-state index in [4.69, 9.17) is 23.2 Å². The normalized spacial score (nSPS) is 16.4. The van der Waals surface area contributed by atoms with Crippen LogP contribution in [-0.2, 0) is 0 Å². The fraction of sp³-hybridized carbons (Fsp3) is 1.00. The molecule has 0 aliphatic rings. The van der Waals surface area contributed by atoms with Gasteiger partial charge in [-0.1, -0.05) is 0 Å². The summed E-state index contributed by atoms with van der Waals surface area (Å²) in [6, 6.07) is 0. The van der Waals surface area contributed by atoms with Gasteiger partial charge >= 0.3 is 0 Å². The topological polar surface area (TPSA) is 40.5 Å². The van der Waals surface area contributed by atoms with E-state index in [9.17, 15) is 10.2 Å². The third kappa shape index (κ3) is 5.36. The Hall–Kier alpha value is 0.460. The second-order valence-electron chi connectivity index (χ2n) is 3.96. The van der Waals surface area contributed by atoms with Gasteiger partial charge in [-0.15, -0.1) is 23.2 Å². The zero-order valence-electron chi connectivity index (χ0n) is 9.49. The SMILES string of the molecule is CC[N+](CC)(CC(O)CCl)CC(O)CCl. The van der Waals surface area contributed by atoms with Crippen molar-refractivity contribution in [3.05, 3.63) is 0 Å². The number of quaternary nitrogens is 1. The summed E-state index contributed by atoms with van der Waals surface area (Å²) in [4.78, 5) is 0. The van der Waals surface area contributed by atoms with Crippen LogP contribution in [0.5, 0.6) is 0 Å². The molecule has 0 aromatic carbocycles. The molecule has 2 N–H and O–H groups in total. The molecule has 0 aliphatic carbocycles. The van der Waals surface area contributed by atoms with Crippen molar-refractivity contribution in [3.8, 4) is 0 Å². The predicted molar refractivity (Wildman–Crippen MR) is 64.5 cm³/mol. The monoisotopic (exact) mass is 258 g/mol. The van der Waals surface area contributed by atoms with Gasteiger partial charge in [0, 0.05) is 0 Å². The van der Waals surface area contributed by atoms with Crippen molar-refractivity contribution in [2.24, 2.45) is 0 Å². The lowest BCUT2D eigenvalue weighted by molar-refractivity contribution is -0.929. The van der Waals surface area contributed by atoms with E-state index in [1.54, 1.807) is 0 Å². The lowest BCUT2D eigenvalue weighted by atomic mass is 10.2. The van der Waals surface area contributed by atoms with E-state index in [0.29, 0.717) is 17.6 Å². The van der Waals surface area contributed by atoms with E-state index >= 15 is 0 Å². The van der Waals surface area contributed by atoms with E-state index in [1.807, 2.05) is 13.8 Å². The van der Waals surface area contributed by atoms with Gasteiger partial charge in [0.05, 0.1) is 24.8 Å². The van der Waals surface area contributed by atoms with Crippen molar-refractivity contribution in [1.82, 2.24) is 0 Å². The first kappa shape index (κ1) is 15.5. The zero-order chi connectivity index (χ0) is 11.9. The number of hydrogen-bond acceptors (Lipinski definition) is 2. The molecule has 0 saturated heterocycles. The largest absolute Gasteiger partial charge is 0.386 e. The van der Waals surface area contributed by atoms with E-state index in [1.165, 1.54) is 0 Å². The minimum absolute atomic E-state index is 0.233. The lowest BCUT2D eigenvalue weighted by Gasteiger charge is -2.39. The van der Waals surface area contributed by atoms with Crippen LogP contribution in [0.1, 0.15) is 13.8 Å². The molecule has 5 heteroatoms. The molecule has 92 valence electrons. The Labute approximate surface area is 102 Å². The molecule has 0 bridgehead atoms. The number of likely N-dealkylation sites (N-methyl/N-ethyl adjacent to an activating group) is 1. The number of hydrogen-bond donors (Lipinski definition) is 2. The summed E-state index contributed by atoms with van der Waals surface area (Å²) < 4.78 is 0.655. The fourth-order valence-electron chi connectivity index (χ4n) is 1.81. The molecule has 0 aromatic rings. The second-order valence-corrected chi connectivity index (χ2v) is 4.57. The molecule has 0 spiro atoms. The van der Waals surface area contributed by atoms with Crippen LogP contribution in [0.3, 0.4) is 0 Å². The smallest absolute Gasteiger partial charge is 0.116 e. The van der Waals surface area contributed by atoms with Crippen molar-refractivity contribution in [2.45, 2.75) is 26.1 Å². The third-order valence-electron chi connectivity index (χ3n) is 2.89. The van der Waals surface area contributed by atoms with Crippen LogP contribution >= 0.6 is 23.2 Å². The molecular formula is C10H22Cl2NO2+. The van der Waals surface area contributed by atoms with Gasteiger partial charge in [0.15, 0.2) is 0 Å². The highest BCUT2D eigenvalue weighted by Gasteiger charge is 2.29. The van der Waals surface area contributed by atoms with Gasteiger partial charge in [-0.3, -0.25) is 0 Å². The Balaban J connectivity index is 4.42. The Morgan fingerprint density at radius 3 is 1.47 bits per heavy atom. The maximum Gasteiger partial charge on any atom is 0.116 e. The van der Waals surface area contributed by atoms with Crippen LogP contribution in [0.25, 0.3) is 0 Å². The van der Waals surface area contributed by atoms with Crippen molar-refractivity contribution >= 4 is 23.2 Å². The summed E-state index contributed by atoms with van der Waals surface area (Å²) in [6.45, 7) is 6.96. The molecule has 0 amide bonds. The maximum atomic E-state index is 9.58. The van der Waals surface area contributed by atoms with Crippen LogP contribution < -0.4 is 0 Å². The third-order valence-corrected chi connectivity index (χ3v) is 3.61. The number of alkyl halides is 2. The van der Waals surface area contributed by atoms with E-state index in [0.717, 1.165) is 13.1 Å². The molecule has 2 atom stereocenters. The minimum atomic E-state index is -0.519. The van der Waals surface area contributed by atoms with Crippen LogP contribution in [0, 0.1) is 0 Å². The summed E-state index contributed by atoms with van der Waals surface area (Å²) in [6.07, 6.45) is -1.04. The average Bonchev–Trinajstić information content (AvgIpc) is 2.27. The Kier molecular flexibility index (Phi) is 7.92. The van der Waals surface area contributed by atoms with E-state index in [2.05, 4.69) is 0 Å².